The van der Waals surface area contributed by atoms with Gasteiger partial charge in [-0.25, -0.2) is 9.59 Å². The first kappa shape index (κ1) is 24.4. The number of alkyl halides is 3. The van der Waals surface area contributed by atoms with E-state index in [0.717, 1.165) is 14.2 Å². The van der Waals surface area contributed by atoms with Gasteiger partial charge in [0, 0.05) is 24.4 Å². The molecule has 0 atom stereocenters. The van der Waals surface area contributed by atoms with Crippen molar-refractivity contribution >= 4 is 17.6 Å². The maximum atomic E-state index is 12.8. The summed E-state index contributed by atoms with van der Waals surface area (Å²) in [4.78, 5) is 26.3. The number of allylic oxidation sites excluding steroid dienone is 2. The Hall–Kier alpha value is -4.21. The second kappa shape index (κ2) is 10.6. The van der Waals surface area contributed by atoms with E-state index in [-0.39, 0.29) is 28.5 Å². The van der Waals surface area contributed by atoms with Gasteiger partial charge in [-0.15, -0.1) is 0 Å². The largest absolute Gasteiger partial charge is 0.484 e. The van der Waals surface area contributed by atoms with Gasteiger partial charge in [-0.2, -0.15) is 13.2 Å². The highest BCUT2D eigenvalue weighted by Crippen LogP contribution is 2.35. The first-order chi connectivity index (χ1) is 16.2. The Morgan fingerprint density at radius 1 is 0.882 bits per heavy atom. The lowest BCUT2D eigenvalue weighted by molar-refractivity contribution is -0.153. The van der Waals surface area contributed by atoms with E-state index in [1.165, 1.54) is 47.5 Å². The molecule has 0 bridgehead atoms. The van der Waals surface area contributed by atoms with Gasteiger partial charge in [0.15, 0.2) is 6.61 Å². The molecule has 7 nitrogen and oxygen atoms in total. The van der Waals surface area contributed by atoms with Gasteiger partial charge in [-0.1, -0.05) is 24.3 Å². The number of nitrogens with zero attached hydrogens (tertiary/aromatic N) is 1. The molecule has 1 aliphatic rings. The number of halogens is 3. The molecule has 0 spiro atoms. The predicted molar refractivity (Wildman–Crippen MR) is 116 cm³/mol. The molecule has 2 aromatic carbocycles. The number of carbonyl (C=O) groups excluding carboxylic acids is 2. The van der Waals surface area contributed by atoms with Gasteiger partial charge in [0.1, 0.15) is 22.9 Å². The predicted octanol–water partition coefficient (Wildman–Crippen LogP) is 4.91. The van der Waals surface area contributed by atoms with Crippen molar-refractivity contribution in [3.05, 3.63) is 84.2 Å². The minimum Gasteiger partial charge on any atom is -0.484 e. The molecule has 0 fully saturated rings. The van der Waals surface area contributed by atoms with Gasteiger partial charge in [-0.05, 0) is 24.3 Å². The van der Waals surface area contributed by atoms with Crippen molar-refractivity contribution in [3.63, 3.8) is 0 Å². The summed E-state index contributed by atoms with van der Waals surface area (Å²) in [5.41, 5.74) is -0.156. The van der Waals surface area contributed by atoms with Crippen LogP contribution in [0.3, 0.4) is 0 Å². The Labute approximate surface area is 193 Å². The van der Waals surface area contributed by atoms with Crippen LogP contribution in [0.5, 0.6) is 17.2 Å². The van der Waals surface area contributed by atoms with Crippen LogP contribution in [-0.2, 0) is 19.1 Å². The molecule has 0 saturated heterocycles. The summed E-state index contributed by atoms with van der Waals surface area (Å²) in [5, 5.41) is 0. The number of rotatable bonds is 7. The normalized spacial score (nSPS) is 13.4. The third-order valence-electron chi connectivity index (χ3n) is 4.41. The van der Waals surface area contributed by atoms with Gasteiger partial charge in [0.25, 0.3) is 0 Å². The molecular weight excluding hydrogens is 455 g/mol. The number of hydrogen-bond donors (Lipinski definition) is 0. The molecule has 10 heteroatoms. The topological polar surface area (TPSA) is 74.3 Å². The highest BCUT2D eigenvalue weighted by atomic mass is 19.4. The van der Waals surface area contributed by atoms with Crippen molar-refractivity contribution in [2.45, 2.75) is 6.18 Å². The highest BCUT2D eigenvalue weighted by molar-refractivity contribution is 6.05. The fourth-order valence-electron chi connectivity index (χ4n) is 2.99. The van der Waals surface area contributed by atoms with Crippen molar-refractivity contribution in [2.75, 3.05) is 25.7 Å². The molecular formula is C24H20F3NO6. The van der Waals surface area contributed by atoms with Crippen LogP contribution in [0.4, 0.5) is 18.9 Å². The fourth-order valence-corrected chi connectivity index (χ4v) is 2.99. The number of hydrogen-bond acceptors (Lipinski definition) is 7. The third-order valence-corrected chi connectivity index (χ3v) is 4.41. The summed E-state index contributed by atoms with van der Waals surface area (Å²) in [6.07, 6.45) is 1.26. The van der Waals surface area contributed by atoms with Gasteiger partial charge >= 0.3 is 18.1 Å². The van der Waals surface area contributed by atoms with Gasteiger partial charge in [0.05, 0.1) is 25.5 Å². The van der Waals surface area contributed by atoms with E-state index in [2.05, 4.69) is 0 Å². The van der Waals surface area contributed by atoms with Crippen LogP contribution >= 0.6 is 0 Å². The molecule has 2 aromatic rings. The van der Waals surface area contributed by atoms with E-state index < -0.39 is 24.7 Å². The summed E-state index contributed by atoms with van der Waals surface area (Å²) in [7, 11) is 2.28. The molecule has 0 N–H and O–H groups in total. The zero-order valence-electron chi connectivity index (χ0n) is 18.2. The van der Waals surface area contributed by atoms with E-state index in [0.29, 0.717) is 5.75 Å². The van der Waals surface area contributed by atoms with Crippen LogP contribution in [0.1, 0.15) is 0 Å². The fraction of sp³-hybridized carbons (Fsp3) is 0.167. The molecule has 34 heavy (non-hydrogen) atoms. The quantitative estimate of drug-likeness (QED) is 0.527. The van der Waals surface area contributed by atoms with Crippen LogP contribution in [-0.4, -0.2) is 38.9 Å². The smallest absolute Gasteiger partial charge is 0.422 e. The zero-order chi connectivity index (χ0) is 24.7. The Bertz CT molecular complexity index is 1140. The molecule has 1 heterocycles. The summed E-state index contributed by atoms with van der Waals surface area (Å²) in [5.74, 6) is -1.29. The lowest BCUT2D eigenvalue weighted by atomic mass is 10.1. The monoisotopic (exact) mass is 475 g/mol. The first-order valence-corrected chi connectivity index (χ1v) is 9.84. The average Bonchev–Trinajstić information content (AvgIpc) is 3.05. The van der Waals surface area contributed by atoms with Crippen molar-refractivity contribution < 1.29 is 41.7 Å². The van der Waals surface area contributed by atoms with E-state index in [4.69, 9.17) is 18.9 Å². The van der Waals surface area contributed by atoms with Crippen LogP contribution in [0.15, 0.2) is 84.2 Å². The number of anilines is 1. The Balaban J connectivity index is 2.13. The van der Waals surface area contributed by atoms with Crippen molar-refractivity contribution in [1.82, 2.24) is 0 Å². The molecule has 0 unspecified atom stereocenters. The number of esters is 2. The Morgan fingerprint density at radius 3 is 2.21 bits per heavy atom. The average molecular weight is 475 g/mol. The SMILES string of the molecule is COC(=O)C1=C(C(=O)OC)N(c2cc(OCC(F)(F)F)cc(Oc3ccccc3)c2)C=CC=C1. The molecule has 0 saturated carbocycles. The van der Waals surface area contributed by atoms with Gasteiger partial charge in [0.2, 0.25) is 0 Å². The van der Waals surface area contributed by atoms with E-state index in [1.807, 2.05) is 0 Å². The molecule has 1 aliphatic heterocycles. The maximum Gasteiger partial charge on any atom is 0.422 e. The lowest BCUT2D eigenvalue weighted by Gasteiger charge is -2.24. The number of benzene rings is 2. The number of ether oxygens (including phenoxy) is 4. The third kappa shape index (κ3) is 6.18. The lowest BCUT2D eigenvalue weighted by Crippen LogP contribution is -2.27. The summed E-state index contributed by atoms with van der Waals surface area (Å²) >= 11 is 0. The summed E-state index contributed by atoms with van der Waals surface area (Å²) in [6, 6.07) is 12.6. The van der Waals surface area contributed by atoms with Crippen LogP contribution in [0, 0.1) is 0 Å². The molecule has 0 amide bonds. The number of carbonyl (C=O) groups is 2. The second-order valence-corrected chi connectivity index (χ2v) is 6.80. The van der Waals surface area contributed by atoms with E-state index in [9.17, 15) is 22.8 Å². The van der Waals surface area contributed by atoms with E-state index >= 15 is 0 Å². The second-order valence-electron chi connectivity index (χ2n) is 6.80. The zero-order valence-corrected chi connectivity index (χ0v) is 18.2. The Morgan fingerprint density at radius 2 is 1.56 bits per heavy atom. The number of para-hydroxylation sites is 1. The summed E-state index contributed by atoms with van der Waals surface area (Å²) in [6.45, 7) is -1.54. The minimum atomic E-state index is -4.57. The maximum absolute atomic E-state index is 12.8. The first-order valence-electron chi connectivity index (χ1n) is 9.84. The van der Waals surface area contributed by atoms with Crippen LogP contribution in [0.25, 0.3) is 0 Å². The summed E-state index contributed by atoms with van der Waals surface area (Å²) < 4.78 is 58.7. The van der Waals surface area contributed by atoms with Crippen LogP contribution in [0.2, 0.25) is 0 Å². The highest BCUT2D eigenvalue weighted by Gasteiger charge is 2.30. The minimum absolute atomic E-state index is 0.119. The molecule has 0 aromatic heterocycles. The molecule has 3 rings (SSSR count). The number of methoxy groups -OCH3 is 2. The van der Waals surface area contributed by atoms with Crippen molar-refractivity contribution in [3.8, 4) is 17.2 Å². The van der Waals surface area contributed by atoms with Gasteiger partial charge in [-0.3, -0.25) is 0 Å². The van der Waals surface area contributed by atoms with Gasteiger partial charge < -0.3 is 23.8 Å². The van der Waals surface area contributed by atoms with Crippen molar-refractivity contribution in [1.29, 1.82) is 0 Å². The molecule has 0 radical (unpaired) electrons. The standard InChI is InChI=1S/C24H20F3NO6/c1-31-22(29)20-10-6-7-11-28(21(20)23(30)32-2)16-12-18(33-15-24(25,26)27)14-19(13-16)34-17-8-4-3-5-9-17/h3-14H,15H2,1-2H3. The Kier molecular flexibility index (Phi) is 7.62. The van der Waals surface area contributed by atoms with Crippen molar-refractivity contribution in [2.24, 2.45) is 0 Å². The van der Waals surface area contributed by atoms with Crippen LogP contribution < -0.4 is 14.4 Å². The molecule has 178 valence electrons. The van der Waals surface area contributed by atoms with E-state index in [1.54, 1.807) is 30.3 Å². The molecule has 0 aliphatic carbocycles.